The summed E-state index contributed by atoms with van der Waals surface area (Å²) in [7, 11) is 0. The number of rotatable bonds is 11. The van der Waals surface area contributed by atoms with Gasteiger partial charge in [0, 0.05) is 18.7 Å². The largest absolute Gasteiger partial charge is 0.313 e. The van der Waals surface area contributed by atoms with E-state index in [0.717, 1.165) is 12.1 Å². The second-order valence-corrected chi connectivity index (χ2v) is 5.23. The average Bonchev–Trinajstić information content (AvgIpc) is 2.46. The third-order valence-corrected chi connectivity index (χ3v) is 3.41. The minimum Gasteiger partial charge on any atom is -0.313 e. The van der Waals surface area contributed by atoms with Crippen molar-refractivity contribution in [3.63, 3.8) is 0 Å². The lowest BCUT2D eigenvalue weighted by Crippen LogP contribution is -2.14. The Hall–Kier alpha value is -1.42. The van der Waals surface area contributed by atoms with Gasteiger partial charge in [0.05, 0.1) is 4.92 Å². The van der Waals surface area contributed by atoms with Crippen LogP contribution in [0.15, 0.2) is 24.3 Å². The van der Waals surface area contributed by atoms with Gasteiger partial charge in [-0.1, -0.05) is 57.6 Å². The molecule has 0 fully saturated rings. The summed E-state index contributed by atoms with van der Waals surface area (Å²) in [6.45, 7) is 3.92. The van der Waals surface area contributed by atoms with Crippen molar-refractivity contribution in [2.45, 2.75) is 58.4 Å². The second-order valence-electron chi connectivity index (χ2n) is 5.23. The molecule has 0 amide bonds. The standard InChI is InChI=1S/C16H26N2O2/c1-2-3-4-5-6-7-8-12-17-14-15-10-9-11-16(13-15)18(19)20/h9-11,13,17H,2-8,12,14H2,1H3. The van der Waals surface area contributed by atoms with Crippen LogP contribution < -0.4 is 5.32 Å². The molecule has 0 radical (unpaired) electrons. The predicted octanol–water partition coefficient (Wildman–Crippen LogP) is 4.44. The quantitative estimate of drug-likeness (QED) is 0.370. The Morgan fingerprint density at radius 1 is 1.10 bits per heavy atom. The molecular weight excluding hydrogens is 252 g/mol. The lowest BCUT2D eigenvalue weighted by atomic mass is 10.1. The molecule has 1 aromatic rings. The number of hydrogen-bond acceptors (Lipinski definition) is 3. The molecule has 0 saturated carbocycles. The van der Waals surface area contributed by atoms with Crippen molar-refractivity contribution in [3.05, 3.63) is 39.9 Å². The van der Waals surface area contributed by atoms with Gasteiger partial charge in [0.25, 0.3) is 5.69 Å². The topological polar surface area (TPSA) is 55.2 Å². The number of unbranched alkanes of at least 4 members (excludes halogenated alkanes) is 6. The minimum atomic E-state index is -0.347. The van der Waals surface area contributed by atoms with Gasteiger partial charge in [0.2, 0.25) is 0 Å². The zero-order valence-corrected chi connectivity index (χ0v) is 12.4. The number of nitrogens with one attached hydrogen (secondary N) is 1. The van der Waals surface area contributed by atoms with E-state index in [1.54, 1.807) is 12.1 Å². The summed E-state index contributed by atoms with van der Waals surface area (Å²) in [6.07, 6.45) is 9.12. The van der Waals surface area contributed by atoms with Crippen LogP contribution in [-0.4, -0.2) is 11.5 Å². The maximum absolute atomic E-state index is 10.7. The molecular formula is C16H26N2O2. The highest BCUT2D eigenvalue weighted by Crippen LogP contribution is 2.12. The van der Waals surface area contributed by atoms with E-state index < -0.39 is 0 Å². The molecule has 4 heteroatoms. The molecule has 0 spiro atoms. The van der Waals surface area contributed by atoms with E-state index >= 15 is 0 Å². The summed E-state index contributed by atoms with van der Waals surface area (Å²) in [5, 5.41) is 14.0. The van der Waals surface area contributed by atoms with Crippen molar-refractivity contribution >= 4 is 5.69 Å². The molecule has 0 unspecified atom stereocenters. The van der Waals surface area contributed by atoms with Crippen LogP contribution in [0, 0.1) is 10.1 Å². The van der Waals surface area contributed by atoms with Crippen LogP contribution in [0.2, 0.25) is 0 Å². The first-order chi connectivity index (χ1) is 9.74. The van der Waals surface area contributed by atoms with Gasteiger partial charge < -0.3 is 5.32 Å². The van der Waals surface area contributed by atoms with Gasteiger partial charge in [0.1, 0.15) is 0 Å². The first-order valence-corrected chi connectivity index (χ1v) is 7.68. The average molecular weight is 278 g/mol. The van der Waals surface area contributed by atoms with Crippen LogP contribution in [0.4, 0.5) is 5.69 Å². The van der Waals surface area contributed by atoms with Crippen LogP contribution in [0.1, 0.15) is 57.4 Å². The summed E-state index contributed by atoms with van der Waals surface area (Å²) in [6, 6.07) is 6.82. The number of non-ortho nitro benzene ring substituents is 1. The van der Waals surface area contributed by atoms with Crippen LogP contribution >= 0.6 is 0 Å². The number of benzene rings is 1. The van der Waals surface area contributed by atoms with Crippen molar-refractivity contribution in [1.29, 1.82) is 0 Å². The zero-order valence-electron chi connectivity index (χ0n) is 12.4. The van der Waals surface area contributed by atoms with Crippen molar-refractivity contribution < 1.29 is 4.92 Å². The lowest BCUT2D eigenvalue weighted by molar-refractivity contribution is -0.384. The van der Waals surface area contributed by atoms with E-state index in [-0.39, 0.29) is 10.6 Å². The molecule has 112 valence electrons. The summed E-state index contributed by atoms with van der Waals surface area (Å²) >= 11 is 0. The molecule has 0 aliphatic carbocycles. The predicted molar refractivity (Wildman–Crippen MR) is 82.8 cm³/mol. The van der Waals surface area contributed by atoms with Gasteiger partial charge in [-0.15, -0.1) is 0 Å². The van der Waals surface area contributed by atoms with E-state index in [9.17, 15) is 10.1 Å². The van der Waals surface area contributed by atoms with E-state index in [1.165, 1.54) is 51.0 Å². The van der Waals surface area contributed by atoms with Gasteiger partial charge in [-0.05, 0) is 18.5 Å². The maximum Gasteiger partial charge on any atom is 0.269 e. The fourth-order valence-corrected chi connectivity index (χ4v) is 2.22. The van der Waals surface area contributed by atoms with E-state index in [1.807, 2.05) is 6.07 Å². The molecule has 1 aromatic carbocycles. The van der Waals surface area contributed by atoms with Crippen LogP contribution in [0.5, 0.6) is 0 Å². The summed E-state index contributed by atoms with van der Waals surface area (Å²) < 4.78 is 0. The SMILES string of the molecule is CCCCCCCCCNCc1cccc([N+](=O)[O-])c1. The molecule has 0 bridgehead atoms. The third-order valence-electron chi connectivity index (χ3n) is 3.41. The molecule has 0 saturated heterocycles. The maximum atomic E-state index is 10.7. The number of hydrogen-bond donors (Lipinski definition) is 1. The van der Waals surface area contributed by atoms with E-state index in [2.05, 4.69) is 12.2 Å². The van der Waals surface area contributed by atoms with Crippen molar-refractivity contribution in [3.8, 4) is 0 Å². The molecule has 0 aromatic heterocycles. The summed E-state index contributed by atoms with van der Waals surface area (Å²) in [5.74, 6) is 0. The second kappa shape index (κ2) is 10.4. The van der Waals surface area contributed by atoms with Crippen molar-refractivity contribution in [2.75, 3.05) is 6.54 Å². The Labute approximate surface area is 121 Å². The monoisotopic (exact) mass is 278 g/mol. The van der Waals surface area contributed by atoms with Gasteiger partial charge in [-0.25, -0.2) is 0 Å². The Balaban J connectivity index is 2.06. The fourth-order valence-electron chi connectivity index (χ4n) is 2.22. The van der Waals surface area contributed by atoms with E-state index in [0.29, 0.717) is 6.54 Å². The summed E-state index contributed by atoms with van der Waals surface area (Å²) in [5.41, 5.74) is 1.14. The van der Waals surface area contributed by atoms with Crippen LogP contribution in [-0.2, 0) is 6.54 Å². The normalized spacial score (nSPS) is 10.7. The first kappa shape index (κ1) is 16.6. The molecule has 20 heavy (non-hydrogen) atoms. The highest BCUT2D eigenvalue weighted by Gasteiger charge is 2.04. The molecule has 4 nitrogen and oxygen atoms in total. The zero-order chi connectivity index (χ0) is 14.6. The third kappa shape index (κ3) is 7.24. The summed E-state index contributed by atoms with van der Waals surface area (Å²) in [4.78, 5) is 10.3. The molecule has 1 N–H and O–H groups in total. The number of nitro benzene ring substituents is 1. The molecule has 0 aliphatic heterocycles. The van der Waals surface area contributed by atoms with E-state index in [4.69, 9.17) is 0 Å². The molecule has 0 atom stereocenters. The minimum absolute atomic E-state index is 0.167. The van der Waals surface area contributed by atoms with Crippen LogP contribution in [0.3, 0.4) is 0 Å². The Morgan fingerprint density at radius 2 is 1.80 bits per heavy atom. The first-order valence-electron chi connectivity index (χ1n) is 7.68. The van der Waals surface area contributed by atoms with Crippen LogP contribution in [0.25, 0.3) is 0 Å². The molecule has 1 rings (SSSR count). The van der Waals surface area contributed by atoms with Gasteiger partial charge in [-0.3, -0.25) is 10.1 Å². The fraction of sp³-hybridized carbons (Fsp3) is 0.625. The van der Waals surface area contributed by atoms with Gasteiger partial charge in [0.15, 0.2) is 0 Å². The Morgan fingerprint density at radius 3 is 2.50 bits per heavy atom. The van der Waals surface area contributed by atoms with Crippen molar-refractivity contribution in [1.82, 2.24) is 5.32 Å². The van der Waals surface area contributed by atoms with Gasteiger partial charge >= 0.3 is 0 Å². The van der Waals surface area contributed by atoms with Crippen molar-refractivity contribution in [2.24, 2.45) is 0 Å². The smallest absolute Gasteiger partial charge is 0.269 e. The highest BCUT2D eigenvalue weighted by atomic mass is 16.6. The number of nitrogens with zero attached hydrogens (tertiary/aromatic N) is 1. The Kier molecular flexibility index (Phi) is 8.63. The van der Waals surface area contributed by atoms with Gasteiger partial charge in [-0.2, -0.15) is 0 Å². The Bertz CT molecular complexity index is 394. The number of nitro groups is 1. The highest BCUT2D eigenvalue weighted by molar-refractivity contribution is 5.34. The molecule has 0 aliphatic rings. The lowest BCUT2D eigenvalue weighted by Gasteiger charge is -2.05. The molecule has 0 heterocycles.